The van der Waals surface area contributed by atoms with Gasteiger partial charge in [-0.3, -0.25) is 0 Å². The molecule has 3 aliphatic rings. The van der Waals surface area contributed by atoms with Crippen molar-refractivity contribution in [1.82, 2.24) is 0 Å². The topological polar surface area (TPSA) is 0 Å². The molecule has 3 aliphatic carbocycles. The van der Waals surface area contributed by atoms with Crippen LogP contribution in [-0.4, -0.2) is 0 Å². The lowest BCUT2D eigenvalue weighted by atomic mass is 9.66. The summed E-state index contributed by atoms with van der Waals surface area (Å²) in [7, 11) is 0. The van der Waals surface area contributed by atoms with Crippen LogP contribution in [-0.2, 0) is 10.8 Å². The first-order valence-corrected chi connectivity index (χ1v) is 24.7. The van der Waals surface area contributed by atoms with E-state index in [0.29, 0.717) is 5.92 Å². The Hall–Kier alpha value is -1.60. The van der Waals surface area contributed by atoms with E-state index in [0.717, 1.165) is 0 Å². The van der Waals surface area contributed by atoms with Crippen molar-refractivity contribution in [1.29, 1.82) is 0 Å². The molecule has 1 atom stereocenters. The first-order chi connectivity index (χ1) is 26.5. The van der Waals surface area contributed by atoms with Gasteiger partial charge in [-0.05, 0) is 101 Å². The van der Waals surface area contributed by atoms with Gasteiger partial charge in [-0.2, -0.15) is 0 Å². The molecule has 0 amide bonds. The maximum Gasteiger partial charge on any atom is 0.0215 e. The van der Waals surface area contributed by atoms with E-state index >= 15 is 0 Å². The van der Waals surface area contributed by atoms with Gasteiger partial charge in [-0.1, -0.05) is 228 Å². The molecule has 0 aliphatic heterocycles. The molecule has 0 fully saturated rings. The van der Waals surface area contributed by atoms with Crippen molar-refractivity contribution < 1.29 is 0 Å². The third-order valence-corrected chi connectivity index (χ3v) is 14.6. The zero-order valence-electron chi connectivity index (χ0n) is 36.0. The van der Waals surface area contributed by atoms with E-state index in [4.69, 9.17) is 0 Å². The molecule has 1 unspecified atom stereocenters. The van der Waals surface area contributed by atoms with Gasteiger partial charge in [-0.15, -0.1) is 0 Å². The standard InChI is InChI=1S/C53H81Br/c1-6-10-14-18-22-26-34-52(35-27-23-19-15-11-7-2)48-38-42(5)30-32-44(48)46-40-51-47(41-50(46)52)45-33-31-43(54)39-49(45)53(51,36-28-24-20-16-12-8-3)37-29-25-21-17-13-9-4/h30-33,39-42H,6-29,34-38H2,1-5H3. The van der Waals surface area contributed by atoms with Crippen molar-refractivity contribution in [2.75, 3.05) is 0 Å². The summed E-state index contributed by atoms with van der Waals surface area (Å²) in [4.78, 5) is 0. The van der Waals surface area contributed by atoms with Gasteiger partial charge in [-0.25, -0.2) is 0 Å². The number of rotatable bonds is 28. The normalized spacial score (nSPS) is 17.6. The van der Waals surface area contributed by atoms with Crippen molar-refractivity contribution in [3.63, 3.8) is 0 Å². The summed E-state index contributed by atoms with van der Waals surface area (Å²) in [6.07, 6.45) is 44.7. The van der Waals surface area contributed by atoms with Crippen LogP contribution in [0.3, 0.4) is 0 Å². The van der Waals surface area contributed by atoms with Crippen LogP contribution in [0, 0.1) is 5.92 Å². The predicted molar refractivity (Wildman–Crippen MR) is 244 cm³/mol. The summed E-state index contributed by atoms with van der Waals surface area (Å²) in [6.45, 7) is 11.9. The van der Waals surface area contributed by atoms with Crippen molar-refractivity contribution in [2.45, 2.75) is 232 Å². The van der Waals surface area contributed by atoms with Crippen molar-refractivity contribution in [2.24, 2.45) is 5.92 Å². The van der Waals surface area contributed by atoms with E-state index in [1.807, 2.05) is 5.57 Å². The number of allylic oxidation sites excluding steroid dienone is 4. The Bertz CT molecular complexity index is 1450. The highest BCUT2D eigenvalue weighted by Crippen LogP contribution is 2.61. The first-order valence-electron chi connectivity index (χ1n) is 23.9. The molecule has 54 heavy (non-hydrogen) atoms. The third-order valence-electron chi connectivity index (χ3n) is 14.1. The maximum absolute atomic E-state index is 3.99. The summed E-state index contributed by atoms with van der Waals surface area (Å²) in [5, 5.41) is 0. The molecule has 0 radical (unpaired) electrons. The molecule has 0 N–H and O–H groups in total. The summed E-state index contributed by atoms with van der Waals surface area (Å²) in [5.74, 6) is 0.635. The number of benzene rings is 2. The van der Waals surface area contributed by atoms with Crippen LogP contribution in [0.2, 0.25) is 0 Å². The summed E-state index contributed by atoms with van der Waals surface area (Å²) in [5.41, 5.74) is 13.6. The van der Waals surface area contributed by atoms with Gasteiger partial charge in [0.2, 0.25) is 0 Å². The predicted octanol–water partition coefficient (Wildman–Crippen LogP) is 18.3. The summed E-state index contributed by atoms with van der Waals surface area (Å²) in [6, 6.07) is 13.1. The highest BCUT2D eigenvalue weighted by molar-refractivity contribution is 9.10. The van der Waals surface area contributed by atoms with E-state index in [-0.39, 0.29) is 10.8 Å². The lowest BCUT2D eigenvalue weighted by Gasteiger charge is -2.37. The average Bonchev–Trinajstić information content (AvgIpc) is 3.58. The number of hydrogen-bond acceptors (Lipinski definition) is 0. The fourth-order valence-corrected chi connectivity index (χ4v) is 11.4. The molecule has 2 aromatic carbocycles. The fourth-order valence-electron chi connectivity index (χ4n) is 11.0. The molecule has 0 saturated heterocycles. The minimum absolute atomic E-state index is 0.120. The van der Waals surface area contributed by atoms with Crippen molar-refractivity contribution >= 4 is 21.5 Å². The van der Waals surface area contributed by atoms with Crippen LogP contribution in [0.5, 0.6) is 0 Å². The molecule has 0 spiro atoms. The Kier molecular flexibility index (Phi) is 18.0. The molecule has 300 valence electrons. The van der Waals surface area contributed by atoms with Crippen LogP contribution >= 0.6 is 15.9 Å². The molecule has 1 heteroatoms. The quantitative estimate of drug-likeness (QED) is 0.0753. The van der Waals surface area contributed by atoms with Gasteiger partial charge in [0, 0.05) is 15.3 Å². The van der Waals surface area contributed by atoms with Crippen LogP contribution in [0.4, 0.5) is 0 Å². The highest BCUT2D eigenvalue weighted by Gasteiger charge is 2.48. The SMILES string of the molecule is CCCCCCCCC1(CCCCCCCC)C2=C(C=CC(C)C2)c2cc3c(cc21)-c1ccc(Br)cc1C3(CCCCCCCC)CCCCCCCC. The lowest BCUT2D eigenvalue weighted by Crippen LogP contribution is -2.29. The van der Waals surface area contributed by atoms with E-state index in [9.17, 15) is 0 Å². The van der Waals surface area contributed by atoms with E-state index in [1.165, 1.54) is 191 Å². The Balaban J connectivity index is 1.58. The molecule has 0 nitrogen and oxygen atoms in total. The fraction of sp³-hybridized carbons (Fsp3) is 0.698. The van der Waals surface area contributed by atoms with Crippen LogP contribution in [0.25, 0.3) is 16.7 Å². The number of hydrogen-bond donors (Lipinski definition) is 0. The Morgan fingerprint density at radius 1 is 0.481 bits per heavy atom. The van der Waals surface area contributed by atoms with Crippen LogP contribution < -0.4 is 0 Å². The zero-order valence-corrected chi connectivity index (χ0v) is 37.6. The van der Waals surface area contributed by atoms with Gasteiger partial charge < -0.3 is 0 Å². The zero-order chi connectivity index (χ0) is 38.2. The van der Waals surface area contributed by atoms with Crippen molar-refractivity contribution in [3.05, 3.63) is 74.8 Å². The molecular formula is C53H81Br. The molecule has 0 heterocycles. The molecule has 0 aromatic heterocycles. The largest absolute Gasteiger partial charge is 0.0808 e. The Morgan fingerprint density at radius 2 is 0.889 bits per heavy atom. The van der Waals surface area contributed by atoms with Gasteiger partial charge in [0.05, 0.1) is 0 Å². The molecule has 0 bridgehead atoms. The Labute approximate surface area is 343 Å². The van der Waals surface area contributed by atoms with Gasteiger partial charge in [0.15, 0.2) is 0 Å². The summed E-state index contributed by atoms with van der Waals surface area (Å²) < 4.78 is 1.26. The molecule has 5 rings (SSSR count). The third kappa shape index (κ3) is 10.5. The van der Waals surface area contributed by atoms with Crippen LogP contribution in [0.1, 0.15) is 243 Å². The Morgan fingerprint density at radius 3 is 1.39 bits per heavy atom. The molecular weight excluding hydrogens is 716 g/mol. The van der Waals surface area contributed by atoms with E-state index < -0.39 is 0 Å². The lowest BCUT2D eigenvalue weighted by molar-refractivity contribution is 0.374. The van der Waals surface area contributed by atoms with Crippen molar-refractivity contribution in [3.8, 4) is 11.1 Å². The van der Waals surface area contributed by atoms with Gasteiger partial charge in [0.1, 0.15) is 0 Å². The number of halogens is 1. The number of unbranched alkanes of at least 4 members (excludes halogenated alkanes) is 20. The van der Waals surface area contributed by atoms with Gasteiger partial charge in [0.25, 0.3) is 0 Å². The second kappa shape index (κ2) is 22.4. The summed E-state index contributed by atoms with van der Waals surface area (Å²) >= 11 is 3.99. The second-order valence-corrected chi connectivity index (χ2v) is 19.2. The smallest absolute Gasteiger partial charge is 0.0215 e. The van der Waals surface area contributed by atoms with E-state index in [1.54, 1.807) is 39.0 Å². The van der Waals surface area contributed by atoms with Crippen LogP contribution in [0.15, 0.2) is 52.5 Å². The van der Waals surface area contributed by atoms with E-state index in [2.05, 4.69) is 93.0 Å². The minimum Gasteiger partial charge on any atom is -0.0808 e. The highest BCUT2D eigenvalue weighted by atomic mass is 79.9. The molecule has 0 saturated carbocycles. The maximum atomic E-state index is 3.99. The monoisotopic (exact) mass is 797 g/mol. The average molecular weight is 798 g/mol. The minimum atomic E-state index is 0.120. The first kappa shape index (κ1) is 43.5. The molecule has 2 aromatic rings. The number of fused-ring (bicyclic) bond motifs is 5. The second-order valence-electron chi connectivity index (χ2n) is 18.3. The van der Waals surface area contributed by atoms with Gasteiger partial charge >= 0.3 is 0 Å².